The van der Waals surface area contributed by atoms with Crippen molar-refractivity contribution >= 4 is 31.9 Å². The van der Waals surface area contributed by atoms with Crippen molar-refractivity contribution in [2.45, 2.75) is 9.79 Å². The minimum Gasteiger partial charge on any atom is -0.452 e. The summed E-state index contributed by atoms with van der Waals surface area (Å²) in [6.45, 7) is 0.0933. The standard InChI is InChI=1S/C19H21N3O7S2/c20-30(25,26)16-8-6-15(7-9-16)19(24)29-14-18(23)21-10-12-22(13-11-21)31(27,28)17-4-2-1-3-5-17/h1-9H,10-14H2,(H2,20,25,26). The number of carbonyl (C=O) groups excluding carboxylic acids is 2. The Morgan fingerprint density at radius 3 is 1.97 bits per heavy atom. The second-order valence-electron chi connectivity index (χ2n) is 6.74. The van der Waals surface area contributed by atoms with E-state index in [1.54, 1.807) is 18.2 Å². The molecular formula is C19H21N3O7S2. The molecular weight excluding hydrogens is 446 g/mol. The molecule has 2 N–H and O–H groups in total. The highest BCUT2D eigenvalue weighted by molar-refractivity contribution is 7.89. The van der Waals surface area contributed by atoms with Gasteiger partial charge in [0.15, 0.2) is 6.61 Å². The molecule has 0 aromatic heterocycles. The summed E-state index contributed by atoms with van der Waals surface area (Å²) >= 11 is 0. The lowest BCUT2D eigenvalue weighted by molar-refractivity contribution is -0.135. The molecule has 0 radical (unpaired) electrons. The van der Waals surface area contributed by atoms with Crippen molar-refractivity contribution < 1.29 is 31.2 Å². The first-order chi connectivity index (χ1) is 14.6. The molecule has 0 spiro atoms. The number of rotatable bonds is 6. The van der Waals surface area contributed by atoms with Crippen LogP contribution in [0, 0.1) is 0 Å². The maximum Gasteiger partial charge on any atom is 0.338 e. The minimum atomic E-state index is -3.88. The number of nitrogens with zero attached hydrogens (tertiary/aromatic N) is 2. The van der Waals surface area contributed by atoms with Gasteiger partial charge in [-0.1, -0.05) is 18.2 Å². The number of esters is 1. The van der Waals surface area contributed by atoms with Crippen LogP contribution in [0.2, 0.25) is 0 Å². The van der Waals surface area contributed by atoms with Crippen LogP contribution in [0.25, 0.3) is 0 Å². The molecule has 2 aromatic rings. The van der Waals surface area contributed by atoms with Crippen molar-refractivity contribution in [2.75, 3.05) is 32.8 Å². The van der Waals surface area contributed by atoms with Crippen LogP contribution in [0.1, 0.15) is 10.4 Å². The number of nitrogens with two attached hydrogens (primary N) is 1. The summed E-state index contributed by atoms with van der Waals surface area (Å²) in [5.41, 5.74) is 0.0685. The molecule has 31 heavy (non-hydrogen) atoms. The van der Waals surface area contributed by atoms with E-state index in [9.17, 15) is 26.4 Å². The van der Waals surface area contributed by atoms with Crippen molar-refractivity contribution in [1.82, 2.24) is 9.21 Å². The van der Waals surface area contributed by atoms with Gasteiger partial charge in [0.25, 0.3) is 5.91 Å². The number of ether oxygens (including phenoxy) is 1. The Morgan fingerprint density at radius 1 is 0.839 bits per heavy atom. The molecule has 166 valence electrons. The number of primary sulfonamides is 1. The van der Waals surface area contributed by atoms with E-state index in [2.05, 4.69) is 0 Å². The van der Waals surface area contributed by atoms with Crippen LogP contribution in [0.5, 0.6) is 0 Å². The average molecular weight is 468 g/mol. The van der Waals surface area contributed by atoms with E-state index in [1.165, 1.54) is 45.6 Å². The highest BCUT2D eigenvalue weighted by atomic mass is 32.2. The van der Waals surface area contributed by atoms with Crippen molar-refractivity contribution in [3.05, 3.63) is 60.2 Å². The van der Waals surface area contributed by atoms with Gasteiger partial charge >= 0.3 is 5.97 Å². The Morgan fingerprint density at radius 2 is 1.42 bits per heavy atom. The zero-order chi connectivity index (χ0) is 22.6. The molecule has 12 heteroatoms. The molecule has 10 nitrogen and oxygen atoms in total. The lowest BCUT2D eigenvalue weighted by Gasteiger charge is -2.33. The SMILES string of the molecule is NS(=O)(=O)c1ccc(C(=O)OCC(=O)N2CCN(S(=O)(=O)c3ccccc3)CC2)cc1. The minimum absolute atomic E-state index is 0.0685. The highest BCUT2D eigenvalue weighted by Gasteiger charge is 2.30. The molecule has 1 fully saturated rings. The molecule has 0 bridgehead atoms. The van der Waals surface area contributed by atoms with Gasteiger partial charge in [0.1, 0.15) is 0 Å². The summed E-state index contributed by atoms with van der Waals surface area (Å²) in [7, 11) is -7.51. The molecule has 1 aliphatic heterocycles. The smallest absolute Gasteiger partial charge is 0.338 e. The summed E-state index contributed by atoms with van der Waals surface area (Å²) in [6.07, 6.45) is 0. The average Bonchev–Trinajstić information content (AvgIpc) is 2.77. The van der Waals surface area contributed by atoms with Crippen LogP contribution in [-0.2, 0) is 29.6 Å². The fraction of sp³-hybridized carbons (Fsp3) is 0.263. The van der Waals surface area contributed by atoms with Crippen molar-refractivity contribution in [3.8, 4) is 0 Å². The molecule has 1 heterocycles. The third-order valence-corrected chi connectivity index (χ3v) is 7.56. The van der Waals surface area contributed by atoms with Crippen LogP contribution in [-0.4, -0.2) is 70.7 Å². The van der Waals surface area contributed by atoms with Crippen LogP contribution >= 0.6 is 0 Å². The largest absolute Gasteiger partial charge is 0.452 e. The molecule has 1 amide bonds. The van der Waals surface area contributed by atoms with E-state index in [0.717, 1.165) is 0 Å². The summed E-state index contributed by atoms with van der Waals surface area (Å²) in [5.74, 6) is -1.24. The zero-order valence-electron chi connectivity index (χ0n) is 16.4. The molecule has 0 aliphatic carbocycles. The van der Waals surface area contributed by atoms with Crippen molar-refractivity contribution in [2.24, 2.45) is 5.14 Å². The number of amides is 1. The van der Waals surface area contributed by atoms with Gasteiger partial charge < -0.3 is 9.64 Å². The third kappa shape index (κ3) is 5.47. The van der Waals surface area contributed by atoms with E-state index in [4.69, 9.17) is 9.88 Å². The van der Waals surface area contributed by atoms with Gasteiger partial charge in [-0.15, -0.1) is 0 Å². The Balaban J connectivity index is 1.52. The lowest BCUT2D eigenvalue weighted by atomic mass is 10.2. The summed E-state index contributed by atoms with van der Waals surface area (Å²) < 4.78 is 54.0. The fourth-order valence-corrected chi connectivity index (χ4v) is 4.96. The molecule has 1 saturated heterocycles. The summed E-state index contributed by atoms with van der Waals surface area (Å²) in [4.78, 5) is 25.9. The van der Waals surface area contributed by atoms with E-state index in [0.29, 0.717) is 0 Å². The van der Waals surface area contributed by atoms with Gasteiger partial charge in [0.2, 0.25) is 20.0 Å². The molecule has 0 unspecified atom stereocenters. The van der Waals surface area contributed by atoms with Crippen LogP contribution in [0.15, 0.2) is 64.4 Å². The zero-order valence-corrected chi connectivity index (χ0v) is 18.0. The lowest BCUT2D eigenvalue weighted by Crippen LogP contribution is -2.51. The van der Waals surface area contributed by atoms with E-state index < -0.39 is 38.5 Å². The molecule has 3 rings (SSSR count). The first kappa shape index (κ1) is 22.9. The van der Waals surface area contributed by atoms with Crippen molar-refractivity contribution in [3.63, 3.8) is 0 Å². The van der Waals surface area contributed by atoms with Gasteiger partial charge in [-0.3, -0.25) is 4.79 Å². The maximum absolute atomic E-state index is 12.6. The number of sulfonamides is 2. The van der Waals surface area contributed by atoms with Gasteiger partial charge in [-0.05, 0) is 36.4 Å². The van der Waals surface area contributed by atoms with E-state index >= 15 is 0 Å². The number of hydrogen-bond donors (Lipinski definition) is 1. The van der Waals surface area contributed by atoms with Gasteiger partial charge in [-0.2, -0.15) is 4.31 Å². The third-order valence-electron chi connectivity index (χ3n) is 4.72. The number of carbonyl (C=O) groups is 2. The van der Waals surface area contributed by atoms with Crippen LogP contribution in [0.4, 0.5) is 0 Å². The quantitative estimate of drug-likeness (QED) is 0.590. The van der Waals surface area contributed by atoms with Crippen LogP contribution in [0.3, 0.4) is 0 Å². The highest BCUT2D eigenvalue weighted by Crippen LogP contribution is 2.17. The Hall–Kier alpha value is -2.80. The number of piperazine rings is 1. The van der Waals surface area contributed by atoms with E-state index in [1.807, 2.05) is 0 Å². The molecule has 1 aliphatic rings. The normalized spacial score (nSPS) is 15.5. The molecule has 2 aromatic carbocycles. The van der Waals surface area contributed by atoms with Crippen LogP contribution < -0.4 is 5.14 Å². The second-order valence-corrected chi connectivity index (χ2v) is 10.2. The maximum atomic E-state index is 12.6. The first-order valence-electron chi connectivity index (χ1n) is 9.22. The topological polar surface area (TPSA) is 144 Å². The fourth-order valence-electron chi connectivity index (χ4n) is 3.00. The Kier molecular flexibility index (Phi) is 6.74. The predicted octanol–water partition coefficient (Wildman–Crippen LogP) is 0.0239. The Bertz CT molecular complexity index is 1160. The summed E-state index contributed by atoms with van der Waals surface area (Å²) in [6, 6.07) is 12.8. The monoisotopic (exact) mass is 467 g/mol. The van der Waals surface area contributed by atoms with E-state index in [-0.39, 0.29) is 41.5 Å². The van der Waals surface area contributed by atoms with Gasteiger partial charge in [0.05, 0.1) is 15.4 Å². The summed E-state index contributed by atoms with van der Waals surface area (Å²) in [5, 5.41) is 5.00. The Labute approximate surface area is 180 Å². The number of hydrogen-bond acceptors (Lipinski definition) is 7. The first-order valence-corrected chi connectivity index (χ1v) is 12.2. The number of benzene rings is 2. The van der Waals surface area contributed by atoms with Gasteiger partial charge in [-0.25, -0.2) is 26.8 Å². The van der Waals surface area contributed by atoms with Gasteiger partial charge in [0, 0.05) is 26.2 Å². The second kappa shape index (κ2) is 9.14. The predicted molar refractivity (Wildman–Crippen MR) is 110 cm³/mol. The molecule has 0 saturated carbocycles. The molecule has 0 atom stereocenters. The van der Waals surface area contributed by atoms with Crippen molar-refractivity contribution in [1.29, 1.82) is 0 Å².